The van der Waals surface area contributed by atoms with Crippen molar-refractivity contribution in [2.75, 3.05) is 11.5 Å². The van der Waals surface area contributed by atoms with Gasteiger partial charge >= 0.3 is 0 Å². The van der Waals surface area contributed by atoms with Crippen LogP contribution in [0.4, 0.5) is 45.5 Å². The summed E-state index contributed by atoms with van der Waals surface area (Å²) in [4.78, 5) is -2.06. The average Bonchev–Trinajstić information content (AvgIpc) is 3.19. The van der Waals surface area contributed by atoms with Gasteiger partial charge in [0.25, 0.3) is 30.4 Å². The van der Waals surface area contributed by atoms with E-state index in [1.54, 1.807) is 84.9 Å². The molecule has 21 heteroatoms. The highest BCUT2D eigenvalue weighted by molar-refractivity contribution is 7.86. The van der Waals surface area contributed by atoms with Crippen LogP contribution in [0, 0.1) is 0 Å². The highest BCUT2D eigenvalue weighted by Gasteiger charge is 2.28. The third-order valence-corrected chi connectivity index (χ3v) is 11.5. The lowest BCUT2D eigenvalue weighted by Crippen LogP contribution is -2.03. The number of fused-ring (bicyclic) bond motifs is 2. The van der Waals surface area contributed by atoms with Crippen LogP contribution in [0.1, 0.15) is 0 Å². The molecule has 0 radical (unpaired) electrons. The molecule has 298 valence electrons. The van der Waals surface area contributed by atoms with Gasteiger partial charge in [0.15, 0.2) is 5.75 Å². The van der Waals surface area contributed by atoms with Gasteiger partial charge in [-0.2, -0.15) is 40.6 Å². The number of hydrogen-bond donors (Lipinski definition) is 6. The maximum absolute atomic E-state index is 12.5. The van der Waals surface area contributed by atoms with Gasteiger partial charge in [0.2, 0.25) is 0 Å². The minimum absolute atomic E-state index is 0.173. The van der Waals surface area contributed by atoms with E-state index in [9.17, 15) is 44.0 Å². The number of nitrogen functional groups attached to an aromatic ring is 2. The summed E-state index contributed by atoms with van der Waals surface area (Å²) in [7, 11) is -14.6. The van der Waals surface area contributed by atoms with Crippen molar-refractivity contribution in [1.29, 1.82) is 0 Å². The summed E-state index contributed by atoms with van der Waals surface area (Å²) in [5.41, 5.74) is 13.7. The van der Waals surface area contributed by atoms with Gasteiger partial charge in [-0.25, -0.2) is 0 Å². The Morgan fingerprint density at radius 1 is 0.441 bits per heavy atom. The second-order valence-electron chi connectivity index (χ2n) is 12.6. The van der Waals surface area contributed by atoms with Crippen molar-refractivity contribution in [1.82, 2.24) is 0 Å². The van der Waals surface area contributed by atoms with Gasteiger partial charge in [-0.05, 0) is 77.2 Å². The number of anilines is 2. The van der Waals surface area contributed by atoms with Crippen LogP contribution in [0.3, 0.4) is 0 Å². The van der Waals surface area contributed by atoms with Gasteiger partial charge in [-0.3, -0.25) is 13.7 Å². The number of phenolic OH excluding ortho intramolecular Hbond substituents is 1. The molecular formula is C38H28N8O10S3. The van der Waals surface area contributed by atoms with Crippen molar-refractivity contribution >= 4 is 97.4 Å². The molecule has 7 aromatic carbocycles. The standard InChI is InChI=1S/C38H28N8O10S3/c39-34-28-7-4-8-30(57(48,49)50)27(28)17-18-29(34)44-41-25-13-9-21(10-14-25)22-11-15-26(16-12-22)43-45-36-31(58(51,52)53)19-23-20-32(59(54,55)56)37(38(47)33(23)35(36)40)46-42-24-5-2-1-3-6-24/h1-20,47H,39-40H2,(H,48,49,50)(H,51,52,53)(H,54,55,56)/b44-41+,45-43+,46-42+. The van der Waals surface area contributed by atoms with Gasteiger partial charge in [0.1, 0.15) is 31.7 Å². The van der Waals surface area contributed by atoms with Crippen LogP contribution in [-0.2, 0) is 30.4 Å². The first-order valence-electron chi connectivity index (χ1n) is 16.8. The summed E-state index contributed by atoms with van der Waals surface area (Å²) in [6.45, 7) is 0. The summed E-state index contributed by atoms with van der Waals surface area (Å²) in [5, 5.41) is 35.5. The van der Waals surface area contributed by atoms with Crippen molar-refractivity contribution in [3.63, 3.8) is 0 Å². The Hall–Kier alpha value is -7.01. The second kappa shape index (κ2) is 15.4. The molecule has 0 saturated carbocycles. The van der Waals surface area contributed by atoms with Crippen molar-refractivity contribution in [2.45, 2.75) is 14.7 Å². The lowest BCUT2D eigenvalue weighted by atomic mass is 10.0. The molecule has 0 aliphatic rings. The molecule has 0 aliphatic heterocycles. The van der Waals surface area contributed by atoms with Crippen LogP contribution >= 0.6 is 0 Å². The predicted octanol–water partition coefficient (Wildman–Crippen LogP) is 9.52. The first-order valence-corrected chi connectivity index (χ1v) is 21.1. The molecule has 0 heterocycles. The van der Waals surface area contributed by atoms with Gasteiger partial charge in [-0.15, -0.1) is 15.3 Å². The molecule has 0 aromatic heterocycles. The molecular weight excluding hydrogens is 825 g/mol. The van der Waals surface area contributed by atoms with Crippen LogP contribution in [-0.4, -0.2) is 44.0 Å². The van der Waals surface area contributed by atoms with E-state index in [-0.39, 0.29) is 43.8 Å². The van der Waals surface area contributed by atoms with Crippen LogP contribution < -0.4 is 11.5 Å². The van der Waals surface area contributed by atoms with Crippen molar-refractivity contribution < 1.29 is 44.0 Å². The molecule has 0 unspecified atom stereocenters. The van der Waals surface area contributed by atoms with Crippen molar-refractivity contribution in [2.24, 2.45) is 30.7 Å². The number of aromatic hydroxyl groups is 1. The highest BCUT2D eigenvalue weighted by atomic mass is 32.2. The molecule has 0 bridgehead atoms. The zero-order valence-electron chi connectivity index (χ0n) is 29.8. The highest BCUT2D eigenvalue weighted by Crippen LogP contribution is 2.48. The van der Waals surface area contributed by atoms with Gasteiger partial charge in [0.05, 0.1) is 33.8 Å². The predicted molar refractivity (Wildman–Crippen MR) is 219 cm³/mol. The zero-order chi connectivity index (χ0) is 42.3. The Morgan fingerprint density at radius 2 is 0.932 bits per heavy atom. The largest absolute Gasteiger partial charge is 0.505 e. The summed E-state index contributed by atoms with van der Waals surface area (Å²) in [6.07, 6.45) is 0. The van der Waals surface area contributed by atoms with Gasteiger partial charge in [0, 0.05) is 10.8 Å². The Kier molecular flexibility index (Phi) is 10.5. The van der Waals surface area contributed by atoms with Crippen LogP contribution in [0.5, 0.6) is 5.75 Å². The fourth-order valence-electron chi connectivity index (χ4n) is 6.02. The number of azo groups is 3. The third-order valence-electron chi connectivity index (χ3n) is 8.82. The first kappa shape index (κ1) is 40.2. The minimum atomic E-state index is -5.07. The SMILES string of the molecule is Nc1c(/N=N/c2ccc(-c3ccc(/N=N/c4c(S(=O)(=O)O)cc5cc(S(=O)(=O)O)c(/N=N/c6ccccc6)c(O)c5c4N)cc3)cc2)ccc2c(S(=O)(=O)O)cccc12. The van der Waals surface area contributed by atoms with E-state index in [1.165, 1.54) is 24.3 Å². The lowest BCUT2D eigenvalue weighted by molar-refractivity contribution is 0.472. The zero-order valence-corrected chi connectivity index (χ0v) is 32.3. The third kappa shape index (κ3) is 8.36. The number of hydrogen-bond acceptors (Lipinski definition) is 15. The fraction of sp³-hybridized carbons (Fsp3) is 0. The molecule has 7 rings (SSSR count). The quantitative estimate of drug-likeness (QED) is 0.0425. The monoisotopic (exact) mass is 852 g/mol. The fourth-order valence-corrected chi connectivity index (χ4v) is 8.06. The van der Waals surface area contributed by atoms with E-state index in [0.29, 0.717) is 11.1 Å². The molecule has 0 saturated heterocycles. The summed E-state index contributed by atoms with van der Waals surface area (Å²) in [6, 6.07) is 30.4. The molecule has 0 atom stereocenters. The normalized spacial score (nSPS) is 12.7. The van der Waals surface area contributed by atoms with Crippen molar-refractivity contribution in [3.05, 3.63) is 121 Å². The maximum Gasteiger partial charge on any atom is 0.296 e. The number of nitrogens with two attached hydrogens (primary N) is 2. The van der Waals surface area contributed by atoms with Gasteiger partial charge in [-0.1, -0.05) is 60.7 Å². The topological polar surface area (TPSA) is 310 Å². The summed E-state index contributed by atoms with van der Waals surface area (Å²) in [5.74, 6) is -0.878. The number of benzene rings is 7. The Morgan fingerprint density at radius 3 is 1.47 bits per heavy atom. The lowest BCUT2D eigenvalue weighted by Gasteiger charge is -2.14. The Bertz CT molecular complexity index is 3260. The van der Waals surface area contributed by atoms with Crippen molar-refractivity contribution in [3.8, 4) is 16.9 Å². The van der Waals surface area contributed by atoms with Crippen LogP contribution in [0.2, 0.25) is 0 Å². The van der Waals surface area contributed by atoms with Crippen LogP contribution in [0.15, 0.2) is 167 Å². The molecule has 8 N–H and O–H groups in total. The minimum Gasteiger partial charge on any atom is -0.505 e. The van der Waals surface area contributed by atoms with E-state index < -0.39 is 63.0 Å². The molecule has 7 aromatic rings. The number of phenols is 1. The summed E-state index contributed by atoms with van der Waals surface area (Å²) >= 11 is 0. The van der Waals surface area contributed by atoms with E-state index in [0.717, 1.165) is 23.3 Å². The van der Waals surface area contributed by atoms with E-state index in [4.69, 9.17) is 11.5 Å². The smallest absolute Gasteiger partial charge is 0.296 e. The van der Waals surface area contributed by atoms with Crippen LogP contribution in [0.25, 0.3) is 32.7 Å². The molecule has 0 aliphatic carbocycles. The molecule has 59 heavy (non-hydrogen) atoms. The van der Waals surface area contributed by atoms with E-state index >= 15 is 0 Å². The summed E-state index contributed by atoms with van der Waals surface area (Å²) < 4.78 is 103. The number of nitrogens with zero attached hydrogens (tertiary/aromatic N) is 6. The molecule has 0 fully saturated rings. The number of rotatable bonds is 10. The van der Waals surface area contributed by atoms with E-state index in [2.05, 4.69) is 30.7 Å². The Balaban J connectivity index is 1.16. The molecule has 0 amide bonds. The molecule has 0 spiro atoms. The first-order chi connectivity index (χ1) is 27.9. The second-order valence-corrected chi connectivity index (χ2v) is 16.8. The van der Waals surface area contributed by atoms with Gasteiger partial charge < -0.3 is 16.6 Å². The average molecular weight is 853 g/mol. The molecule has 18 nitrogen and oxygen atoms in total. The van der Waals surface area contributed by atoms with E-state index in [1.807, 2.05) is 0 Å². The maximum atomic E-state index is 12.5. The Labute approximate surface area is 335 Å².